The van der Waals surface area contributed by atoms with E-state index >= 15 is 0 Å². The van der Waals surface area contributed by atoms with E-state index in [-0.39, 0.29) is 5.41 Å². The maximum atomic E-state index is 10.6. The highest BCUT2D eigenvalue weighted by Gasteiger charge is 2.21. The summed E-state index contributed by atoms with van der Waals surface area (Å²) in [6.45, 7) is 12.9. The molecular formula is C30H52N4OS2. The lowest BCUT2D eigenvalue weighted by atomic mass is 9.85. The van der Waals surface area contributed by atoms with Crippen LogP contribution in [0.25, 0.3) is 0 Å². The molecule has 1 aromatic rings. The number of phenolic OH excluding ortho intramolecular Hbond substituents is 1. The van der Waals surface area contributed by atoms with Gasteiger partial charge in [0.1, 0.15) is 11.6 Å². The number of hydrogen-bond donors (Lipinski definition) is 3. The number of nitrogens with zero attached hydrogens (tertiary/aromatic N) is 2. The molecule has 0 radical (unpaired) electrons. The first-order chi connectivity index (χ1) is 17.7. The van der Waals surface area contributed by atoms with Crippen LogP contribution < -0.4 is 10.9 Å². The lowest BCUT2D eigenvalue weighted by Gasteiger charge is -2.29. The van der Waals surface area contributed by atoms with Crippen LogP contribution >= 0.6 is 23.7 Å². The predicted octanol–water partition coefficient (Wildman–Crippen LogP) is 9.30. The second-order valence-corrected chi connectivity index (χ2v) is 13.3. The van der Waals surface area contributed by atoms with Gasteiger partial charge in [-0.3, -0.25) is 10.9 Å². The molecule has 0 aliphatic carbocycles. The number of aromatic hydroxyl groups is 1. The van der Waals surface area contributed by atoms with Crippen molar-refractivity contribution in [3.05, 3.63) is 34.4 Å². The molecule has 0 atom stereocenters. The number of benzene rings is 1. The van der Waals surface area contributed by atoms with Crippen molar-refractivity contribution in [2.45, 2.75) is 124 Å². The fourth-order valence-corrected chi connectivity index (χ4v) is 6.07. The number of nitrogens with one attached hydrogen (secondary N) is 2. The quantitative estimate of drug-likeness (QED) is 0.133. The van der Waals surface area contributed by atoms with Gasteiger partial charge in [0.05, 0.1) is 10.7 Å². The zero-order valence-corrected chi connectivity index (χ0v) is 25.9. The van der Waals surface area contributed by atoms with Crippen LogP contribution in [0.3, 0.4) is 0 Å². The summed E-state index contributed by atoms with van der Waals surface area (Å²) >= 11 is 3.66. The van der Waals surface area contributed by atoms with Crippen molar-refractivity contribution in [2.24, 2.45) is 4.99 Å². The minimum absolute atomic E-state index is 0.153. The molecule has 0 fully saturated rings. The molecule has 0 bridgehead atoms. The van der Waals surface area contributed by atoms with Crippen LogP contribution in [0.15, 0.2) is 28.2 Å². The van der Waals surface area contributed by atoms with Crippen molar-refractivity contribution in [1.82, 2.24) is 15.4 Å². The summed E-state index contributed by atoms with van der Waals surface area (Å²) in [6, 6.07) is 3.98. The van der Waals surface area contributed by atoms with Crippen molar-refractivity contribution in [3.8, 4) is 5.75 Å². The molecule has 1 aliphatic heterocycles. The van der Waals surface area contributed by atoms with Gasteiger partial charge in [-0.05, 0) is 60.6 Å². The molecule has 210 valence electrons. The molecule has 1 aromatic carbocycles. The van der Waals surface area contributed by atoms with E-state index in [4.69, 9.17) is 4.99 Å². The minimum Gasteiger partial charge on any atom is -0.507 e. The summed E-state index contributed by atoms with van der Waals surface area (Å²) in [5.41, 5.74) is 9.47. The number of rotatable bonds is 17. The highest BCUT2D eigenvalue weighted by atomic mass is 32.2. The Morgan fingerprint density at radius 2 is 1.43 bits per heavy atom. The summed E-state index contributed by atoms with van der Waals surface area (Å²) in [5.74, 6) is 3.38. The number of hydrazine groups is 2. The van der Waals surface area contributed by atoms with E-state index in [1.807, 2.05) is 35.3 Å². The molecule has 0 saturated heterocycles. The SMILES string of the molecule is CCCCCCCCSC1=CC(=Nc2cc(C)c(O)c(C(C)(C)C)c2)NN(SCCCCCCCC)N1. The van der Waals surface area contributed by atoms with Crippen LogP contribution in [0, 0.1) is 6.92 Å². The maximum absolute atomic E-state index is 10.6. The van der Waals surface area contributed by atoms with Crippen LogP contribution in [0.1, 0.15) is 123 Å². The summed E-state index contributed by atoms with van der Waals surface area (Å²) < 4.78 is 2.02. The Balaban J connectivity index is 2.06. The van der Waals surface area contributed by atoms with Gasteiger partial charge in [0, 0.05) is 17.4 Å². The number of thioether (sulfide) groups is 1. The van der Waals surface area contributed by atoms with Gasteiger partial charge in [0.25, 0.3) is 0 Å². The van der Waals surface area contributed by atoms with Crippen molar-refractivity contribution in [2.75, 3.05) is 11.5 Å². The van der Waals surface area contributed by atoms with Crippen LogP contribution in [0.2, 0.25) is 0 Å². The largest absolute Gasteiger partial charge is 0.507 e. The second kappa shape index (κ2) is 17.3. The lowest BCUT2D eigenvalue weighted by Crippen LogP contribution is -2.48. The first kappa shape index (κ1) is 31.9. The number of unbranched alkanes of at least 4 members (excludes halogenated alkanes) is 10. The number of phenols is 1. The van der Waals surface area contributed by atoms with Crippen molar-refractivity contribution >= 4 is 35.2 Å². The number of aryl methyl sites for hydroxylation is 1. The zero-order valence-electron chi connectivity index (χ0n) is 24.3. The second-order valence-electron chi connectivity index (χ2n) is 11.1. The smallest absolute Gasteiger partial charge is 0.145 e. The Morgan fingerprint density at radius 3 is 2.05 bits per heavy atom. The zero-order chi connectivity index (χ0) is 27.1. The van der Waals surface area contributed by atoms with Crippen LogP contribution in [-0.4, -0.2) is 27.0 Å². The summed E-state index contributed by atoms with van der Waals surface area (Å²) in [7, 11) is 0. The molecule has 1 aliphatic rings. The van der Waals surface area contributed by atoms with E-state index in [2.05, 4.69) is 51.5 Å². The maximum Gasteiger partial charge on any atom is 0.145 e. The molecule has 3 N–H and O–H groups in total. The van der Waals surface area contributed by atoms with E-state index in [0.717, 1.165) is 39.2 Å². The normalized spacial score (nSPS) is 15.5. The molecule has 2 rings (SSSR count). The van der Waals surface area contributed by atoms with Gasteiger partial charge in [-0.1, -0.05) is 103 Å². The van der Waals surface area contributed by atoms with Gasteiger partial charge in [-0.15, -0.1) is 11.8 Å². The molecule has 0 aromatic heterocycles. The van der Waals surface area contributed by atoms with Gasteiger partial charge in [-0.25, -0.2) is 4.99 Å². The number of hydrogen-bond acceptors (Lipinski definition) is 6. The molecule has 0 saturated carbocycles. The average Bonchev–Trinajstić information content (AvgIpc) is 2.84. The first-order valence-corrected chi connectivity index (χ1v) is 16.4. The third kappa shape index (κ3) is 12.4. The van der Waals surface area contributed by atoms with Gasteiger partial charge < -0.3 is 5.11 Å². The predicted molar refractivity (Wildman–Crippen MR) is 167 cm³/mol. The average molecular weight is 549 g/mol. The third-order valence-electron chi connectivity index (χ3n) is 6.51. The van der Waals surface area contributed by atoms with E-state index < -0.39 is 0 Å². The van der Waals surface area contributed by atoms with Crippen LogP contribution in [0.5, 0.6) is 5.75 Å². The van der Waals surface area contributed by atoms with Gasteiger partial charge in [-0.2, -0.15) is 0 Å². The van der Waals surface area contributed by atoms with E-state index in [1.165, 1.54) is 77.0 Å². The highest BCUT2D eigenvalue weighted by molar-refractivity contribution is 8.03. The van der Waals surface area contributed by atoms with Crippen LogP contribution in [0.4, 0.5) is 5.69 Å². The van der Waals surface area contributed by atoms with Gasteiger partial charge >= 0.3 is 0 Å². The van der Waals surface area contributed by atoms with Gasteiger partial charge in [0.2, 0.25) is 0 Å². The first-order valence-electron chi connectivity index (χ1n) is 14.5. The standard InChI is InChI=1S/C30H52N4OS2/c1-7-9-11-13-15-17-19-36-28-23-27(32-34(33-28)37-20-18-16-14-12-10-8-2)31-25-21-24(3)29(35)26(22-25)30(4,5)6/h21-23,33,35H,7-20H2,1-6H3,(H,31,32). The fraction of sp³-hybridized carbons (Fsp3) is 0.700. The molecule has 7 heteroatoms. The third-order valence-corrected chi connectivity index (χ3v) is 8.44. The van der Waals surface area contributed by atoms with Gasteiger partial charge in [0.15, 0.2) is 0 Å². The summed E-state index contributed by atoms with van der Waals surface area (Å²) in [4.78, 5) is 4.96. The summed E-state index contributed by atoms with van der Waals surface area (Å²) in [5, 5.41) is 11.8. The molecular weight excluding hydrogens is 496 g/mol. The number of aliphatic imine (C=N–C) groups is 1. The van der Waals surface area contributed by atoms with Crippen molar-refractivity contribution < 1.29 is 5.11 Å². The Bertz CT molecular complexity index is 864. The number of amidine groups is 1. The van der Waals surface area contributed by atoms with E-state index in [1.54, 1.807) is 11.9 Å². The summed E-state index contributed by atoms with van der Waals surface area (Å²) in [6.07, 6.45) is 17.8. The molecule has 1 heterocycles. The topological polar surface area (TPSA) is 59.9 Å². The van der Waals surface area contributed by atoms with Crippen LogP contribution in [-0.2, 0) is 5.41 Å². The van der Waals surface area contributed by atoms with E-state index in [0.29, 0.717) is 5.75 Å². The Kier molecular flexibility index (Phi) is 14.9. The molecule has 37 heavy (non-hydrogen) atoms. The Labute approximate surface area is 235 Å². The lowest BCUT2D eigenvalue weighted by molar-refractivity contribution is 0.355. The monoisotopic (exact) mass is 548 g/mol. The fourth-order valence-electron chi connectivity index (χ4n) is 4.26. The van der Waals surface area contributed by atoms with Crippen molar-refractivity contribution in [3.63, 3.8) is 0 Å². The highest BCUT2D eigenvalue weighted by Crippen LogP contribution is 2.36. The minimum atomic E-state index is -0.153. The molecule has 0 spiro atoms. The molecule has 0 unspecified atom stereocenters. The Morgan fingerprint density at radius 1 is 0.838 bits per heavy atom. The molecule has 0 amide bonds. The molecule has 5 nitrogen and oxygen atoms in total. The van der Waals surface area contributed by atoms with Crippen molar-refractivity contribution in [1.29, 1.82) is 0 Å². The Hall–Kier alpha value is -1.31. The van der Waals surface area contributed by atoms with E-state index in [9.17, 15) is 5.11 Å².